The van der Waals surface area contributed by atoms with Crippen molar-refractivity contribution in [1.82, 2.24) is 0 Å². The molecule has 180 valence electrons. The fraction of sp³-hybridized carbons (Fsp3) is 0.105. The molecule has 0 N–H and O–H groups in total. The smallest absolute Gasteiger partial charge is 0.0622 e. The molecule has 0 aliphatic heterocycles. The molecule has 8 rings (SSSR count). The Labute approximate surface area is 224 Å². The highest BCUT2D eigenvalue weighted by Gasteiger charge is 2.62. The molecule has 0 nitrogen and oxygen atoms in total. The van der Waals surface area contributed by atoms with Crippen LogP contribution < -0.4 is 0 Å². The van der Waals surface area contributed by atoms with Gasteiger partial charge in [0.1, 0.15) is 0 Å². The first-order chi connectivity index (χ1) is 18.9. The molecule has 0 amide bonds. The minimum absolute atomic E-state index is 0.458. The highest BCUT2D eigenvalue weighted by Crippen LogP contribution is 2.66. The van der Waals surface area contributed by atoms with Crippen molar-refractivity contribution in [1.29, 1.82) is 0 Å². The Balaban J connectivity index is 1.69. The van der Waals surface area contributed by atoms with Gasteiger partial charge in [0.2, 0.25) is 0 Å². The number of hydrogen-bond acceptors (Lipinski definition) is 0. The van der Waals surface area contributed by atoms with Gasteiger partial charge in [-0.25, -0.2) is 0 Å². The van der Waals surface area contributed by atoms with Crippen LogP contribution in [0.2, 0.25) is 0 Å². The molecule has 0 heterocycles. The molecular formula is C38H28. The normalized spacial score (nSPS) is 16.1. The molecule has 0 radical (unpaired) electrons. The van der Waals surface area contributed by atoms with Crippen molar-refractivity contribution in [3.63, 3.8) is 0 Å². The number of benzene rings is 6. The summed E-state index contributed by atoms with van der Waals surface area (Å²) in [7, 11) is 0. The van der Waals surface area contributed by atoms with Crippen molar-refractivity contribution in [2.24, 2.45) is 0 Å². The highest BCUT2D eigenvalue weighted by molar-refractivity contribution is 6.03. The molecule has 0 atom stereocenters. The first kappa shape index (κ1) is 21.6. The quantitative estimate of drug-likeness (QED) is 0.235. The second kappa shape index (κ2) is 8.04. The Morgan fingerprint density at radius 1 is 0.316 bits per heavy atom. The zero-order chi connectivity index (χ0) is 25.2. The SMILES string of the molecule is c1ccc(C2(c3ccccc3)c3ccc4c5c(ccc(c35)C2(c2ccccc2)c2ccccc2)CC4)cc1. The van der Waals surface area contributed by atoms with Crippen LogP contribution in [-0.2, 0) is 23.7 Å². The molecule has 0 bridgehead atoms. The van der Waals surface area contributed by atoms with Gasteiger partial charge in [-0.05, 0) is 68.1 Å². The fourth-order valence-electron chi connectivity index (χ4n) is 7.93. The van der Waals surface area contributed by atoms with E-state index in [4.69, 9.17) is 0 Å². The van der Waals surface area contributed by atoms with Gasteiger partial charge in [0.25, 0.3) is 0 Å². The van der Waals surface area contributed by atoms with Crippen molar-refractivity contribution in [3.05, 3.63) is 190 Å². The molecule has 0 saturated carbocycles. The first-order valence-electron chi connectivity index (χ1n) is 13.7. The van der Waals surface area contributed by atoms with Crippen LogP contribution in [0.3, 0.4) is 0 Å². The van der Waals surface area contributed by atoms with E-state index in [1.807, 2.05) is 0 Å². The number of hydrogen-bond donors (Lipinski definition) is 0. The molecular weight excluding hydrogens is 456 g/mol. The van der Waals surface area contributed by atoms with Gasteiger partial charge in [-0.1, -0.05) is 146 Å². The van der Waals surface area contributed by atoms with E-state index >= 15 is 0 Å². The van der Waals surface area contributed by atoms with Crippen LogP contribution in [0.15, 0.2) is 146 Å². The third kappa shape index (κ3) is 2.55. The maximum Gasteiger partial charge on any atom is 0.0635 e. The van der Waals surface area contributed by atoms with Crippen LogP contribution in [-0.4, -0.2) is 0 Å². The molecule has 0 aromatic heterocycles. The van der Waals surface area contributed by atoms with Gasteiger partial charge in [0.15, 0.2) is 0 Å². The summed E-state index contributed by atoms with van der Waals surface area (Å²) in [6.45, 7) is 0. The van der Waals surface area contributed by atoms with Gasteiger partial charge in [-0.15, -0.1) is 0 Å². The zero-order valence-electron chi connectivity index (χ0n) is 21.3. The van der Waals surface area contributed by atoms with Crippen LogP contribution in [0.1, 0.15) is 44.5 Å². The third-order valence-electron chi connectivity index (χ3n) is 9.19. The van der Waals surface area contributed by atoms with Gasteiger partial charge in [0.05, 0.1) is 10.8 Å². The van der Waals surface area contributed by atoms with Gasteiger partial charge in [-0.2, -0.15) is 0 Å². The van der Waals surface area contributed by atoms with Crippen molar-refractivity contribution < 1.29 is 0 Å². The lowest BCUT2D eigenvalue weighted by atomic mass is 9.50. The van der Waals surface area contributed by atoms with E-state index in [2.05, 4.69) is 146 Å². The third-order valence-corrected chi connectivity index (χ3v) is 9.19. The average molecular weight is 485 g/mol. The lowest BCUT2D eigenvalue weighted by Gasteiger charge is -2.49. The Kier molecular flexibility index (Phi) is 4.58. The van der Waals surface area contributed by atoms with E-state index in [1.54, 1.807) is 0 Å². The molecule has 0 unspecified atom stereocenters. The standard InChI is InChI=1S/C38H28/c1-5-13-29(14-6-1)37(30-15-7-2-8-16-30)33-25-23-27-21-22-28-24-26-34(36(33)35(27)28)38(37,31-17-9-3-10-18-31)32-19-11-4-12-20-32/h1-20,23-26H,21-22H2. The molecule has 0 fully saturated rings. The van der Waals surface area contributed by atoms with Crippen molar-refractivity contribution in [3.8, 4) is 0 Å². The van der Waals surface area contributed by atoms with Crippen molar-refractivity contribution >= 4 is 10.8 Å². The Hall–Kier alpha value is -4.42. The lowest BCUT2D eigenvalue weighted by Crippen LogP contribution is -2.49. The maximum atomic E-state index is 2.46. The van der Waals surface area contributed by atoms with Gasteiger partial charge in [-0.3, -0.25) is 0 Å². The first-order valence-corrected chi connectivity index (χ1v) is 13.7. The molecule has 38 heavy (non-hydrogen) atoms. The summed E-state index contributed by atoms with van der Waals surface area (Å²) in [5, 5.41) is 2.95. The molecule has 2 aliphatic carbocycles. The summed E-state index contributed by atoms with van der Waals surface area (Å²) >= 11 is 0. The van der Waals surface area contributed by atoms with Crippen molar-refractivity contribution in [2.45, 2.75) is 23.7 Å². The summed E-state index contributed by atoms with van der Waals surface area (Å²) in [6.07, 6.45) is 2.26. The minimum atomic E-state index is -0.458. The summed E-state index contributed by atoms with van der Waals surface area (Å²) < 4.78 is 0. The Morgan fingerprint density at radius 2 is 0.632 bits per heavy atom. The van der Waals surface area contributed by atoms with Gasteiger partial charge < -0.3 is 0 Å². The summed E-state index contributed by atoms with van der Waals surface area (Å²) in [4.78, 5) is 0. The van der Waals surface area contributed by atoms with E-state index in [1.165, 1.54) is 55.3 Å². The molecule has 0 saturated heterocycles. The van der Waals surface area contributed by atoms with E-state index < -0.39 is 10.8 Å². The monoisotopic (exact) mass is 484 g/mol. The summed E-state index contributed by atoms with van der Waals surface area (Å²) in [6, 6.07) is 54.8. The van der Waals surface area contributed by atoms with Gasteiger partial charge >= 0.3 is 0 Å². The van der Waals surface area contributed by atoms with E-state index in [9.17, 15) is 0 Å². The average Bonchev–Trinajstić information content (AvgIpc) is 3.54. The van der Waals surface area contributed by atoms with E-state index in [0.717, 1.165) is 12.8 Å². The van der Waals surface area contributed by atoms with Crippen LogP contribution in [0, 0.1) is 0 Å². The Morgan fingerprint density at radius 3 is 0.947 bits per heavy atom. The minimum Gasteiger partial charge on any atom is -0.0622 e. The molecule has 6 aromatic rings. The van der Waals surface area contributed by atoms with Crippen LogP contribution in [0.4, 0.5) is 0 Å². The summed E-state index contributed by atoms with van der Waals surface area (Å²) in [5.74, 6) is 0. The predicted octanol–water partition coefficient (Wildman–Crippen LogP) is 8.62. The van der Waals surface area contributed by atoms with Crippen LogP contribution >= 0.6 is 0 Å². The van der Waals surface area contributed by atoms with Crippen molar-refractivity contribution in [2.75, 3.05) is 0 Å². The number of rotatable bonds is 4. The fourth-order valence-corrected chi connectivity index (χ4v) is 7.93. The lowest BCUT2D eigenvalue weighted by molar-refractivity contribution is 0.442. The molecule has 0 spiro atoms. The topological polar surface area (TPSA) is 0 Å². The second-order valence-electron chi connectivity index (χ2n) is 10.8. The van der Waals surface area contributed by atoms with Crippen LogP contribution in [0.25, 0.3) is 10.8 Å². The highest BCUT2D eigenvalue weighted by atomic mass is 14.6. The Bertz CT molecular complexity index is 1570. The van der Waals surface area contributed by atoms with Crippen LogP contribution in [0.5, 0.6) is 0 Å². The maximum absolute atomic E-state index is 2.46. The second-order valence-corrected chi connectivity index (χ2v) is 10.8. The van der Waals surface area contributed by atoms with Gasteiger partial charge in [0, 0.05) is 0 Å². The molecule has 6 aromatic carbocycles. The molecule has 2 aliphatic rings. The summed E-state index contributed by atoms with van der Waals surface area (Å²) in [5.41, 5.74) is 10.2. The largest absolute Gasteiger partial charge is 0.0635 e. The number of aryl methyl sites for hydroxylation is 2. The predicted molar refractivity (Wildman–Crippen MR) is 157 cm³/mol. The van der Waals surface area contributed by atoms with E-state index in [0.29, 0.717) is 0 Å². The van der Waals surface area contributed by atoms with E-state index in [-0.39, 0.29) is 0 Å². The zero-order valence-corrected chi connectivity index (χ0v) is 21.3. The molecule has 0 heteroatoms.